The van der Waals surface area contributed by atoms with Crippen LogP contribution < -0.4 is 0 Å². The molecule has 0 aliphatic rings. The molecule has 0 unspecified atom stereocenters. The molecule has 0 spiro atoms. The van der Waals surface area contributed by atoms with E-state index < -0.39 is 7.32 Å². The standard InChI is InChI=1S/BH3O3.BH3.H2O/c2-1(3)4;;/h2-4H;1H3;1H2. The number of hydrogen-bond donors (Lipinski definition) is 3. The predicted molar refractivity (Wildman–Crippen MR) is 26.0 cm³/mol. The maximum Gasteiger partial charge on any atom is 0.631 e. The Morgan fingerprint density at radius 3 is 1.00 bits per heavy atom. The second-order valence-electron chi connectivity index (χ2n) is 0.346. The summed E-state index contributed by atoms with van der Waals surface area (Å²) in [5.74, 6) is 0. The fraction of sp³-hybridized carbons (Fsp3) is 0. The molecule has 0 aromatic carbocycles. The van der Waals surface area contributed by atoms with E-state index in [9.17, 15) is 0 Å². The van der Waals surface area contributed by atoms with E-state index in [0.717, 1.165) is 0 Å². The molecular formula is H8B2O4. The largest absolute Gasteiger partial charge is 0.631 e. The van der Waals surface area contributed by atoms with Gasteiger partial charge in [-0.25, -0.2) is 0 Å². The van der Waals surface area contributed by atoms with E-state index >= 15 is 0 Å². The van der Waals surface area contributed by atoms with Crippen LogP contribution in [0, 0.1) is 0 Å². The Bertz CT molecular complexity index is 10.3. The minimum atomic E-state index is -2.17. The van der Waals surface area contributed by atoms with Crippen molar-refractivity contribution in [2.24, 2.45) is 0 Å². The van der Waals surface area contributed by atoms with Crippen molar-refractivity contribution in [3.63, 3.8) is 0 Å². The highest BCUT2D eigenvalue weighted by atomic mass is 16.5. The van der Waals surface area contributed by atoms with Gasteiger partial charge in [-0.05, 0) is 0 Å². The maximum atomic E-state index is 7.17. The lowest BCUT2D eigenvalue weighted by molar-refractivity contribution is 0.278. The zero-order valence-corrected chi connectivity index (χ0v) is 2.42. The number of rotatable bonds is 0. The van der Waals surface area contributed by atoms with E-state index in [1.807, 2.05) is 0 Å². The molecule has 0 saturated carbocycles. The summed E-state index contributed by atoms with van der Waals surface area (Å²) >= 11 is 0. The summed E-state index contributed by atoms with van der Waals surface area (Å²) in [7, 11) is -2.17. The molecule has 0 aliphatic carbocycles. The smallest absolute Gasteiger partial charge is 0.412 e. The molecule has 0 rings (SSSR count). The molecule has 0 heterocycles. The maximum absolute atomic E-state index is 7.17. The van der Waals surface area contributed by atoms with E-state index in [4.69, 9.17) is 15.1 Å². The van der Waals surface area contributed by atoms with Crippen molar-refractivity contribution in [3.05, 3.63) is 0 Å². The molecule has 0 atom stereocenters. The number of hydrogen-bond acceptors (Lipinski definition) is 3. The lowest BCUT2D eigenvalue weighted by Crippen LogP contribution is -2.07. The fourth-order valence-corrected chi connectivity index (χ4v) is 0. The second kappa shape index (κ2) is 8.88. The molecule has 0 amide bonds. The van der Waals surface area contributed by atoms with Crippen LogP contribution in [0.5, 0.6) is 0 Å². The summed E-state index contributed by atoms with van der Waals surface area (Å²) in [5, 5.41) is 21.5. The molecule has 5 N–H and O–H groups in total. The Morgan fingerprint density at radius 1 is 1.00 bits per heavy atom. The van der Waals surface area contributed by atoms with Gasteiger partial charge >= 0.3 is 7.32 Å². The fourth-order valence-electron chi connectivity index (χ4n) is 0. The molecule has 4 nitrogen and oxygen atoms in total. The average molecular weight is 93.7 g/mol. The second-order valence-corrected chi connectivity index (χ2v) is 0.346. The van der Waals surface area contributed by atoms with Crippen LogP contribution in [-0.4, -0.2) is 36.3 Å². The summed E-state index contributed by atoms with van der Waals surface area (Å²) in [4.78, 5) is 0. The lowest BCUT2D eigenvalue weighted by Gasteiger charge is -1.69. The Hall–Kier alpha value is -0.0301. The average Bonchev–Trinajstić information content (AvgIpc) is 0.811. The first-order chi connectivity index (χ1) is 1.73. The molecule has 0 aliphatic heterocycles. The van der Waals surface area contributed by atoms with Crippen molar-refractivity contribution in [1.29, 1.82) is 0 Å². The van der Waals surface area contributed by atoms with Crippen molar-refractivity contribution in [2.75, 3.05) is 0 Å². The minimum absolute atomic E-state index is 0. The summed E-state index contributed by atoms with van der Waals surface area (Å²) in [6.45, 7) is 0. The van der Waals surface area contributed by atoms with E-state index in [1.165, 1.54) is 0 Å². The normalized spacial score (nSPS) is 4.50. The first-order valence-electron chi connectivity index (χ1n) is 0.775. The summed E-state index contributed by atoms with van der Waals surface area (Å²) in [6.07, 6.45) is 0. The Labute approximate surface area is 37.5 Å². The molecule has 38 valence electrons. The molecule has 0 aromatic heterocycles. The zero-order chi connectivity index (χ0) is 3.58. The molecule has 0 bridgehead atoms. The van der Waals surface area contributed by atoms with E-state index in [0.29, 0.717) is 0 Å². The van der Waals surface area contributed by atoms with E-state index in [-0.39, 0.29) is 13.9 Å². The Kier molecular flexibility index (Phi) is 24.7. The van der Waals surface area contributed by atoms with Gasteiger partial charge in [0.2, 0.25) is 0 Å². The van der Waals surface area contributed by atoms with Crippen LogP contribution in [0.15, 0.2) is 0 Å². The molecule has 6 heteroatoms. The van der Waals surface area contributed by atoms with E-state index in [1.54, 1.807) is 0 Å². The summed E-state index contributed by atoms with van der Waals surface area (Å²) in [5.41, 5.74) is 0. The van der Waals surface area contributed by atoms with Crippen LogP contribution in [-0.2, 0) is 0 Å². The third kappa shape index (κ3) is 38600. The lowest BCUT2D eigenvalue weighted by atomic mass is 10.3. The van der Waals surface area contributed by atoms with Gasteiger partial charge in [0.15, 0.2) is 0 Å². The Balaban J connectivity index is -0.0000000450. The van der Waals surface area contributed by atoms with Gasteiger partial charge in [-0.2, -0.15) is 0 Å². The first-order valence-corrected chi connectivity index (χ1v) is 0.775. The van der Waals surface area contributed by atoms with E-state index in [2.05, 4.69) is 0 Å². The van der Waals surface area contributed by atoms with Crippen LogP contribution >= 0.6 is 0 Å². The third-order valence-corrected chi connectivity index (χ3v) is 0. The minimum Gasteiger partial charge on any atom is -0.412 e. The summed E-state index contributed by atoms with van der Waals surface area (Å²) < 4.78 is 0. The molecule has 0 fully saturated rings. The van der Waals surface area contributed by atoms with Gasteiger partial charge in [-0.1, -0.05) is 0 Å². The monoisotopic (exact) mass is 94.1 g/mol. The van der Waals surface area contributed by atoms with Crippen LogP contribution in [0.1, 0.15) is 0 Å². The highest BCUT2D eigenvalue weighted by Crippen LogP contribution is 1.40. The van der Waals surface area contributed by atoms with Crippen molar-refractivity contribution in [1.82, 2.24) is 0 Å². The molecule has 6 heavy (non-hydrogen) atoms. The summed E-state index contributed by atoms with van der Waals surface area (Å²) in [6, 6.07) is 0. The van der Waals surface area contributed by atoms with Gasteiger partial charge < -0.3 is 20.5 Å². The van der Waals surface area contributed by atoms with Gasteiger partial charge in [-0.3, -0.25) is 0 Å². The highest BCUT2D eigenvalue weighted by Gasteiger charge is 1.92. The molecule has 0 aromatic rings. The van der Waals surface area contributed by atoms with Crippen LogP contribution in [0.3, 0.4) is 0 Å². The topological polar surface area (TPSA) is 92.2 Å². The van der Waals surface area contributed by atoms with Crippen molar-refractivity contribution in [2.45, 2.75) is 0 Å². The van der Waals surface area contributed by atoms with Crippen LogP contribution in [0.2, 0.25) is 0 Å². The SMILES string of the molecule is B.O.OB(O)O. The Morgan fingerprint density at radius 2 is 1.00 bits per heavy atom. The van der Waals surface area contributed by atoms with Crippen LogP contribution in [0.25, 0.3) is 0 Å². The predicted octanol–water partition coefficient (Wildman–Crippen LogP) is -4.06. The van der Waals surface area contributed by atoms with Gasteiger partial charge in [0, 0.05) is 0 Å². The zero-order valence-electron chi connectivity index (χ0n) is 2.42. The highest BCUT2D eigenvalue weighted by molar-refractivity contribution is 6.30. The quantitative estimate of drug-likeness (QED) is 0.266. The van der Waals surface area contributed by atoms with Crippen LogP contribution in [0.4, 0.5) is 0 Å². The molecule has 0 saturated heterocycles. The van der Waals surface area contributed by atoms with Gasteiger partial charge in [0.1, 0.15) is 0 Å². The van der Waals surface area contributed by atoms with Gasteiger partial charge in [-0.15, -0.1) is 0 Å². The third-order valence-electron chi connectivity index (χ3n) is 0. The van der Waals surface area contributed by atoms with Gasteiger partial charge in [0.05, 0.1) is 8.41 Å². The molecular weight excluding hydrogens is 85.6 g/mol. The van der Waals surface area contributed by atoms with Crippen molar-refractivity contribution < 1.29 is 20.5 Å². The van der Waals surface area contributed by atoms with Crippen molar-refractivity contribution in [3.8, 4) is 0 Å². The van der Waals surface area contributed by atoms with Crippen molar-refractivity contribution >= 4 is 15.7 Å². The van der Waals surface area contributed by atoms with Gasteiger partial charge in [0.25, 0.3) is 0 Å². The molecule has 0 radical (unpaired) electrons. The first kappa shape index (κ1) is 16.7.